The molecule has 7 heteroatoms. The van der Waals surface area contributed by atoms with Crippen molar-refractivity contribution in [1.29, 1.82) is 0 Å². The third-order valence-electron chi connectivity index (χ3n) is 5.22. The highest BCUT2D eigenvalue weighted by molar-refractivity contribution is 9.09. The van der Waals surface area contributed by atoms with E-state index in [2.05, 4.69) is 15.9 Å². The number of Topliss-reactive ketones (excluding diaryl/α,β-unsaturated/α-hetero) is 1. The van der Waals surface area contributed by atoms with Crippen LogP contribution in [0.1, 0.15) is 44.6 Å². The number of halogens is 1. The molecule has 0 N–H and O–H groups in total. The number of benzene rings is 1. The van der Waals surface area contributed by atoms with Crippen LogP contribution in [0.25, 0.3) is 0 Å². The molecular formula is C18H24BrNO4S. The summed E-state index contributed by atoms with van der Waals surface area (Å²) in [6.45, 7) is 4.17. The minimum Gasteiger partial charge on any atom is -0.362 e. The number of ether oxygens (including phenoxy) is 1. The molecule has 138 valence electrons. The van der Waals surface area contributed by atoms with E-state index in [1.165, 1.54) is 4.31 Å². The highest BCUT2D eigenvalue weighted by atomic mass is 79.9. The summed E-state index contributed by atoms with van der Waals surface area (Å²) in [6.07, 6.45) is 2.35. The van der Waals surface area contributed by atoms with Gasteiger partial charge in [0, 0.05) is 17.9 Å². The SMILES string of the molecule is CCO[C@H]1CC[C@H](Br)[C@@]2(CCCC2=O)N1S(=O)(=O)c1ccc(C)cc1. The van der Waals surface area contributed by atoms with Crippen LogP contribution >= 0.6 is 15.9 Å². The van der Waals surface area contributed by atoms with Gasteiger partial charge in [-0.2, -0.15) is 4.31 Å². The van der Waals surface area contributed by atoms with Crippen LogP contribution in [0, 0.1) is 6.92 Å². The Morgan fingerprint density at radius 3 is 2.52 bits per heavy atom. The lowest BCUT2D eigenvalue weighted by Gasteiger charge is -2.49. The van der Waals surface area contributed by atoms with E-state index in [1.54, 1.807) is 24.3 Å². The maximum Gasteiger partial charge on any atom is 0.246 e. The van der Waals surface area contributed by atoms with E-state index in [0.29, 0.717) is 32.3 Å². The molecule has 1 aromatic carbocycles. The summed E-state index contributed by atoms with van der Waals surface area (Å²) in [6, 6.07) is 6.78. The zero-order valence-electron chi connectivity index (χ0n) is 14.6. The molecule has 2 aliphatic rings. The summed E-state index contributed by atoms with van der Waals surface area (Å²) < 4.78 is 34.2. The van der Waals surface area contributed by atoms with Crippen LogP contribution in [0.5, 0.6) is 0 Å². The highest BCUT2D eigenvalue weighted by Crippen LogP contribution is 2.48. The number of nitrogens with zero attached hydrogens (tertiary/aromatic N) is 1. The fourth-order valence-corrected chi connectivity index (χ4v) is 7.05. The predicted molar refractivity (Wildman–Crippen MR) is 99.2 cm³/mol. The zero-order valence-corrected chi connectivity index (χ0v) is 17.0. The second-order valence-electron chi connectivity index (χ2n) is 6.77. The van der Waals surface area contributed by atoms with Crippen molar-refractivity contribution in [3.63, 3.8) is 0 Å². The summed E-state index contributed by atoms with van der Waals surface area (Å²) in [5.74, 6) is -0.00513. The van der Waals surface area contributed by atoms with Crippen LogP contribution in [-0.4, -0.2) is 41.7 Å². The molecule has 1 saturated carbocycles. The van der Waals surface area contributed by atoms with Crippen molar-refractivity contribution in [2.75, 3.05) is 6.61 Å². The molecule has 0 amide bonds. The summed E-state index contributed by atoms with van der Waals surface area (Å²) in [7, 11) is -3.85. The summed E-state index contributed by atoms with van der Waals surface area (Å²) in [5, 5.41) is 0. The van der Waals surface area contributed by atoms with E-state index in [0.717, 1.165) is 12.0 Å². The van der Waals surface area contributed by atoms with Gasteiger partial charge in [-0.1, -0.05) is 33.6 Å². The Bertz CT molecular complexity index is 749. The van der Waals surface area contributed by atoms with Gasteiger partial charge in [0.25, 0.3) is 0 Å². The Morgan fingerprint density at radius 2 is 1.96 bits per heavy atom. The van der Waals surface area contributed by atoms with E-state index in [1.807, 2.05) is 13.8 Å². The molecule has 25 heavy (non-hydrogen) atoms. The zero-order chi connectivity index (χ0) is 18.2. The van der Waals surface area contributed by atoms with E-state index in [-0.39, 0.29) is 15.5 Å². The smallest absolute Gasteiger partial charge is 0.246 e. The van der Waals surface area contributed by atoms with Gasteiger partial charge in [-0.3, -0.25) is 4.79 Å². The first-order valence-corrected chi connectivity index (χ1v) is 11.1. The molecule has 1 aromatic rings. The monoisotopic (exact) mass is 429 g/mol. The number of hydrogen-bond acceptors (Lipinski definition) is 4. The molecule has 3 atom stereocenters. The second-order valence-corrected chi connectivity index (χ2v) is 9.69. The molecule has 0 bridgehead atoms. The van der Waals surface area contributed by atoms with Gasteiger partial charge in [-0.15, -0.1) is 0 Å². The summed E-state index contributed by atoms with van der Waals surface area (Å²) in [5.41, 5.74) is -0.0501. The standard InChI is InChI=1S/C18H24BrNO4S/c1-3-24-17-11-10-15(19)18(12-4-5-16(18)21)20(17)25(22,23)14-8-6-13(2)7-9-14/h6-9,15,17H,3-5,10-12H2,1-2H3/t15-,17-,18+/m0/s1. The summed E-state index contributed by atoms with van der Waals surface area (Å²) >= 11 is 3.63. The highest BCUT2D eigenvalue weighted by Gasteiger charge is 2.60. The van der Waals surface area contributed by atoms with Crippen molar-refractivity contribution in [3.8, 4) is 0 Å². The normalized spacial score (nSPS) is 30.9. The van der Waals surface area contributed by atoms with Gasteiger partial charge >= 0.3 is 0 Å². The molecule has 1 saturated heterocycles. The third-order valence-corrected chi connectivity index (χ3v) is 8.38. The molecular weight excluding hydrogens is 406 g/mol. The maximum absolute atomic E-state index is 13.5. The Hall–Kier alpha value is -0.760. The predicted octanol–water partition coefficient (Wildman–Crippen LogP) is 3.40. The number of hydrogen-bond donors (Lipinski definition) is 0. The lowest BCUT2D eigenvalue weighted by molar-refractivity contribution is -0.137. The van der Waals surface area contributed by atoms with E-state index >= 15 is 0 Å². The molecule has 1 heterocycles. The first-order valence-electron chi connectivity index (χ1n) is 8.74. The Kier molecular flexibility index (Phi) is 5.40. The molecule has 0 unspecified atom stereocenters. The number of piperidine rings is 1. The Morgan fingerprint density at radius 1 is 1.28 bits per heavy atom. The first kappa shape index (κ1) is 19.0. The number of sulfonamides is 1. The number of aryl methyl sites for hydroxylation is 1. The maximum atomic E-state index is 13.5. The van der Waals surface area contributed by atoms with Crippen LogP contribution in [0.4, 0.5) is 0 Å². The van der Waals surface area contributed by atoms with Crippen molar-refractivity contribution in [1.82, 2.24) is 4.31 Å². The number of carbonyl (C=O) groups excluding carboxylic acids is 1. The average Bonchev–Trinajstić information content (AvgIpc) is 2.94. The van der Waals surface area contributed by atoms with E-state index in [9.17, 15) is 13.2 Å². The van der Waals surface area contributed by atoms with Gasteiger partial charge in [0.2, 0.25) is 10.0 Å². The van der Waals surface area contributed by atoms with E-state index in [4.69, 9.17) is 4.74 Å². The number of carbonyl (C=O) groups is 1. The van der Waals surface area contributed by atoms with Gasteiger partial charge < -0.3 is 4.74 Å². The van der Waals surface area contributed by atoms with Crippen LogP contribution < -0.4 is 0 Å². The molecule has 3 rings (SSSR count). The molecule has 1 spiro atoms. The fraction of sp³-hybridized carbons (Fsp3) is 0.611. The molecule has 1 aliphatic heterocycles. The lowest BCUT2D eigenvalue weighted by Crippen LogP contribution is -2.66. The number of alkyl halides is 1. The quantitative estimate of drug-likeness (QED) is 0.687. The van der Waals surface area contributed by atoms with Gasteiger partial charge in [0.05, 0.1) is 4.90 Å². The fourth-order valence-electron chi connectivity index (χ4n) is 4.02. The van der Waals surface area contributed by atoms with Crippen molar-refractivity contribution >= 4 is 31.7 Å². The van der Waals surface area contributed by atoms with Crippen LogP contribution in [0.15, 0.2) is 29.2 Å². The number of rotatable bonds is 4. The molecule has 1 aliphatic carbocycles. The van der Waals surface area contributed by atoms with Crippen molar-refractivity contribution < 1.29 is 17.9 Å². The number of ketones is 1. The topological polar surface area (TPSA) is 63.7 Å². The summed E-state index contributed by atoms with van der Waals surface area (Å²) in [4.78, 5) is 12.9. The van der Waals surface area contributed by atoms with Crippen molar-refractivity contribution in [2.24, 2.45) is 0 Å². The van der Waals surface area contributed by atoms with Crippen LogP contribution in [0.2, 0.25) is 0 Å². The van der Waals surface area contributed by atoms with Gasteiger partial charge in [-0.25, -0.2) is 8.42 Å². The minimum absolute atomic E-state index is 0.00513. The molecule has 0 aromatic heterocycles. The second kappa shape index (κ2) is 7.10. The Balaban J connectivity index is 2.14. The van der Waals surface area contributed by atoms with Crippen molar-refractivity contribution in [3.05, 3.63) is 29.8 Å². The van der Waals surface area contributed by atoms with Gasteiger partial charge in [-0.05, 0) is 51.7 Å². The minimum atomic E-state index is -3.85. The molecule has 0 radical (unpaired) electrons. The van der Waals surface area contributed by atoms with Crippen molar-refractivity contribution in [2.45, 2.75) is 67.4 Å². The Labute approximate surface area is 157 Å². The largest absolute Gasteiger partial charge is 0.362 e. The average molecular weight is 430 g/mol. The lowest BCUT2D eigenvalue weighted by atomic mass is 9.85. The van der Waals surface area contributed by atoms with E-state index < -0.39 is 21.8 Å². The molecule has 2 fully saturated rings. The van der Waals surface area contributed by atoms with Crippen LogP contribution in [-0.2, 0) is 19.6 Å². The van der Waals surface area contributed by atoms with Gasteiger partial charge in [0.1, 0.15) is 11.8 Å². The first-order chi connectivity index (χ1) is 11.8. The molecule has 5 nitrogen and oxygen atoms in total. The van der Waals surface area contributed by atoms with Crippen LogP contribution in [0.3, 0.4) is 0 Å². The van der Waals surface area contributed by atoms with Gasteiger partial charge in [0.15, 0.2) is 5.78 Å². The third kappa shape index (κ3) is 3.09.